The normalized spacial score (nSPS) is 15.7. The van der Waals surface area contributed by atoms with E-state index in [1.807, 2.05) is 12.1 Å². The Morgan fingerprint density at radius 2 is 0.980 bits per heavy atom. The largest absolute Gasteiger partial charge is 0.613 e. The zero-order chi connectivity index (χ0) is 35.3. The van der Waals surface area contributed by atoms with Crippen LogP contribution in [0.2, 0.25) is 0 Å². The second-order valence-corrected chi connectivity index (χ2v) is 11.1. The van der Waals surface area contributed by atoms with E-state index >= 15 is 0 Å². The Labute approximate surface area is 286 Å². The first kappa shape index (κ1) is 30.8. The number of fused-ring (bicyclic) bond motifs is 4. The van der Waals surface area contributed by atoms with Gasteiger partial charge in [0.2, 0.25) is 0 Å². The van der Waals surface area contributed by atoms with Crippen LogP contribution >= 0.6 is 0 Å². The predicted molar refractivity (Wildman–Crippen MR) is 176 cm³/mol. The number of ether oxygens (including phenoxy) is 4. The number of azo groups is 2. The Morgan fingerprint density at radius 3 is 1.37 bits per heavy atom. The SMILES string of the molecule is Cc1nn(-c2ccccc2)c2c1N=Nc1cc([N+](=O)[O-])ccc1OC1(Oc3ccc([N+](=O)[O-])cc3N=Nc3c(C)nn(-c4ccccc4)c3O1)O2. The highest BCUT2D eigenvalue weighted by Gasteiger charge is 2.50. The molecule has 0 bridgehead atoms. The summed E-state index contributed by atoms with van der Waals surface area (Å²) in [5.74, 6) is -0.338. The van der Waals surface area contributed by atoms with Crippen molar-refractivity contribution >= 4 is 34.1 Å². The van der Waals surface area contributed by atoms with Crippen molar-refractivity contribution in [3.8, 4) is 34.6 Å². The highest BCUT2D eigenvalue weighted by atomic mass is 17.0. The Bertz CT molecular complexity index is 2260. The molecule has 51 heavy (non-hydrogen) atoms. The average Bonchev–Trinajstić information content (AvgIpc) is 3.64. The van der Waals surface area contributed by atoms with Crippen LogP contribution in [0.15, 0.2) is 118 Å². The van der Waals surface area contributed by atoms with E-state index < -0.39 is 16.0 Å². The first-order chi connectivity index (χ1) is 24.7. The summed E-state index contributed by atoms with van der Waals surface area (Å²) in [5.41, 5.74) is 1.29. The molecule has 0 N–H and O–H groups in total. The van der Waals surface area contributed by atoms with Crippen molar-refractivity contribution in [2.24, 2.45) is 20.5 Å². The molecule has 2 aliphatic heterocycles. The fourth-order valence-electron chi connectivity index (χ4n) is 5.30. The number of benzene rings is 4. The summed E-state index contributed by atoms with van der Waals surface area (Å²) < 4.78 is 29.1. The molecular formula is C33H22N10O8. The van der Waals surface area contributed by atoms with Crippen LogP contribution in [0.5, 0.6) is 23.3 Å². The second-order valence-electron chi connectivity index (χ2n) is 11.1. The Balaban J connectivity index is 1.43. The molecule has 2 aliphatic rings. The summed E-state index contributed by atoms with van der Waals surface area (Å²) >= 11 is 0. The maximum absolute atomic E-state index is 11.8. The number of hydrogen-bond acceptors (Lipinski definition) is 14. The van der Waals surface area contributed by atoms with Gasteiger partial charge in [0.1, 0.15) is 11.4 Å². The van der Waals surface area contributed by atoms with Crippen molar-refractivity contribution in [3.63, 3.8) is 0 Å². The van der Waals surface area contributed by atoms with Gasteiger partial charge in [-0.1, -0.05) is 36.4 Å². The van der Waals surface area contributed by atoms with Gasteiger partial charge in [-0.2, -0.15) is 19.6 Å². The van der Waals surface area contributed by atoms with Gasteiger partial charge < -0.3 is 18.9 Å². The molecule has 0 unspecified atom stereocenters. The van der Waals surface area contributed by atoms with Crippen LogP contribution in [0, 0.1) is 34.1 Å². The zero-order valence-corrected chi connectivity index (χ0v) is 26.5. The van der Waals surface area contributed by atoms with E-state index in [9.17, 15) is 20.2 Å². The van der Waals surface area contributed by atoms with Crippen LogP contribution in [-0.4, -0.2) is 35.6 Å². The highest BCUT2D eigenvalue weighted by molar-refractivity contribution is 5.63. The van der Waals surface area contributed by atoms with Crippen LogP contribution < -0.4 is 18.9 Å². The number of aryl methyl sites for hydroxylation is 2. The molecular weight excluding hydrogens is 664 g/mol. The molecule has 0 saturated carbocycles. The summed E-state index contributed by atoms with van der Waals surface area (Å²) in [4.78, 5) is 22.4. The second kappa shape index (κ2) is 11.9. The number of nitrogens with zero attached hydrogens (tertiary/aromatic N) is 10. The number of hydrogen-bond donors (Lipinski definition) is 0. The molecule has 0 atom stereocenters. The van der Waals surface area contributed by atoms with Crippen LogP contribution in [0.25, 0.3) is 11.4 Å². The molecule has 0 saturated heterocycles. The average molecular weight is 687 g/mol. The summed E-state index contributed by atoms with van der Waals surface area (Å²) in [7, 11) is 0. The maximum Gasteiger partial charge on any atom is 0.613 e. The van der Waals surface area contributed by atoms with Crippen LogP contribution in [0.1, 0.15) is 11.4 Å². The minimum Gasteiger partial charge on any atom is -0.384 e. The van der Waals surface area contributed by atoms with E-state index in [2.05, 4.69) is 30.7 Å². The lowest BCUT2D eigenvalue weighted by molar-refractivity contribution is -0.385. The molecule has 2 aromatic heterocycles. The summed E-state index contributed by atoms with van der Waals surface area (Å²) in [6.45, 7) is 3.34. The van der Waals surface area contributed by atoms with Crippen LogP contribution in [0.4, 0.5) is 34.1 Å². The quantitative estimate of drug-likeness (QED) is 0.128. The lowest BCUT2D eigenvalue weighted by Gasteiger charge is -2.32. The summed E-state index contributed by atoms with van der Waals surface area (Å²) in [6.07, 6.45) is -2.71. The molecule has 0 radical (unpaired) electrons. The molecule has 8 rings (SSSR count). The van der Waals surface area contributed by atoms with E-state index in [0.717, 1.165) is 12.1 Å². The van der Waals surface area contributed by atoms with E-state index in [4.69, 9.17) is 18.9 Å². The van der Waals surface area contributed by atoms with Gasteiger partial charge in [-0.05, 0) is 50.2 Å². The molecule has 6 aromatic rings. The van der Waals surface area contributed by atoms with Gasteiger partial charge in [0.05, 0.1) is 32.6 Å². The number of rotatable bonds is 4. The number of aromatic nitrogens is 4. The van der Waals surface area contributed by atoms with Crippen molar-refractivity contribution < 1.29 is 28.8 Å². The molecule has 18 heteroatoms. The number of nitro benzene ring substituents is 2. The predicted octanol–water partition coefficient (Wildman–Crippen LogP) is 8.18. The summed E-state index contributed by atoms with van der Waals surface area (Å²) in [6, 6.07) is 25.2. The molecule has 0 fully saturated rings. The van der Waals surface area contributed by atoms with Gasteiger partial charge in [-0.15, -0.1) is 20.5 Å². The molecule has 18 nitrogen and oxygen atoms in total. The molecule has 1 spiro atoms. The van der Waals surface area contributed by atoms with Gasteiger partial charge in [0.25, 0.3) is 23.1 Å². The monoisotopic (exact) mass is 686 g/mol. The van der Waals surface area contributed by atoms with Crippen molar-refractivity contribution in [3.05, 3.63) is 129 Å². The first-order valence-corrected chi connectivity index (χ1v) is 15.1. The number of nitro groups is 2. The molecule has 0 aliphatic carbocycles. The minimum atomic E-state index is -2.71. The molecule has 4 aromatic carbocycles. The zero-order valence-electron chi connectivity index (χ0n) is 26.5. The van der Waals surface area contributed by atoms with Gasteiger partial charge >= 0.3 is 6.16 Å². The fraction of sp³-hybridized carbons (Fsp3) is 0.0909. The van der Waals surface area contributed by atoms with E-state index in [1.54, 1.807) is 62.4 Å². The van der Waals surface area contributed by atoms with Crippen molar-refractivity contribution in [1.29, 1.82) is 0 Å². The molecule has 252 valence electrons. The van der Waals surface area contributed by atoms with Gasteiger partial charge in [-0.3, -0.25) is 20.2 Å². The smallest absolute Gasteiger partial charge is 0.384 e. The van der Waals surface area contributed by atoms with E-state index in [0.29, 0.717) is 22.8 Å². The Kier molecular flexibility index (Phi) is 7.18. The number of non-ortho nitro benzene ring substituents is 2. The van der Waals surface area contributed by atoms with E-state index in [1.165, 1.54) is 33.6 Å². The van der Waals surface area contributed by atoms with Gasteiger partial charge in [0.15, 0.2) is 22.9 Å². The third-order valence-corrected chi connectivity index (χ3v) is 7.71. The highest BCUT2D eigenvalue weighted by Crippen LogP contribution is 2.47. The fourth-order valence-corrected chi connectivity index (χ4v) is 5.30. The minimum absolute atomic E-state index is 0.0645. The topological polar surface area (TPSA) is 208 Å². The van der Waals surface area contributed by atoms with E-state index in [-0.39, 0.29) is 57.4 Å². The molecule has 4 heterocycles. The Hall–Kier alpha value is -7.50. The standard InChI is InChI=1S/C33H22N10O8/c1-19-29-31(40(38-19)21-9-5-3-6-10-21)50-33(48-27-15-13-23(42(44)45)17-25(27)34-36-29)49-28-16-14-24(43(46)47)18-26(28)35-37-30-20(2)39-41(32(30)51-33)22-11-7-4-8-12-22/h3-18H,1-2H3. The van der Waals surface area contributed by atoms with Crippen LogP contribution in [0.3, 0.4) is 0 Å². The lowest BCUT2D eigenvalue weighted by Crippen LogP contribution is -2.54. The lowest BCUT2D eigenvalue weighted by atomic mass is 10.2. The number of para-hydroxylation sites is 2. The van der Waals surface area contributed by atoms with Crippen molar-refractivity contribution in [1.82, 2.24) is 19.6 Å². The van der Waals surface area contributed by atoms with Crippen molar-refractivity contribution in [2.45, 2.75) is 20.0 Å². The molecule has 0 amide bonds. The van der Waals surface area contributed by atoms with Crippen molar-refractivity contribution in [2.75, 3.05) is 0 Å². The third-order valence-electron chi connectivity index (χ3n) is 7.71. The third kappa shape index (κ3) is 5.51. The van der Waals surface area contributed by atoms with Gasteiger partial charge in [0, 0.05) is 24.3 Å². The summed E-state index contributed by atoms with van der Waals surface area (Å²) in [5, 5.41) is 50.3. The first-order valence-electron chi connectivity index (χ1n) is 15.1. The maximum atomic E-state index is 11.8. The Morgan fingerprint density at radius 1 is 0.569 bits per heavy atom. The van der Waals surface area contributed by atoms with Crippen LogP contribution in [-0.2, 0) is 0 Å². The van der Waals surface area contributed by atoms with Gasteiger partial charge in [-0.25, -0.2) is 0 Å².